The number of carbonyl (C=O) groups excluding carboxylic acids is 1. The van der Waals surface area contributed by atoms with Crippen molar-refractivity contribution < 1.29 is 48.4 Å². The summed E-state index contributed by atoms with van der Waals surface area (Å²) >= 11 is -1.77. The van der Waals surface area contributed by atoms with Crippen LogP contribution in [0.1, 0.15) is 98.2 Å². The Hall–Kier alpha value is 0.740. The van der Waals surface area contributed by atoms with Gasteiger partial charge in [-0.25, -0.2) is 0 Å². The Morgan fingerprint density at radius 2 is 1.17 bits per heavy atom. The van der Waals surface area contributed by atoms with Crippen molar-refractivity contribution in [3.63, 3.8) is 0 Å². The molecule has 0 aliphatic carbocycles. The fourth-order valence-electron chi connectivity index (χ4n) is 2.54. The van der Waals surface area contributed by atoms with Crippen LogP contribution in [0.4, 0.5) is 0 Å². The molecule has 0 radical (unpaired) electrons. The first-order valence-electron chi connectivity index (χ1n) is 9.43. The Bertz CT molecular complexity index is 284. The molecule has 0 amide bonds. The van der Waals surface area contributed by atoms with Gasteiger partial charge < -0.3 is 6.22 Å². The van der Waals surface area contributed by atoms with Crippen molar-refractivity contribution >= 4 is 17.6 Å². The summed E-state index contributed by atoms with van der Waals surface area (Å²) in [7, 11) is 0. The molecule has 0 aliphatic rings. The molecule has 0 saturated carbocycles. The summed E-state index contributed by atoms with van der Waals surface area (Å²) in [6.07, 6.45) is 18.9. The minimum atomic E-state index is -1.77. The predicted molar refractivity (Wildman–Crippen MR) is 97.5 cm³/mol. The molecule has 0 fully saturated rings. The molecule has 4 nitrogen and oxygen atoms in total. The van der Waals surface area contributed by atoms with Crippen LogP contribution in [0, 0.1) is 0 Å². The molecule has 0 spiro atoms. The largest absolute Gasteiger partial charge is 1.00 e. The second-order valence-electron chi connectivity index (χ2n) is 6.07. The fraction of sp³-hybridized carbons (Fsp3) is 0.944. The van der Waals surface area contributed by atoms with Crippen LogP contribution in [-0.2, 0) is 24.5 Å². The van der Waals surface area contributed by atoms with Gasteiger partial charge in [0.15, 0.2) is 0 Å². The van der Waals surface area contributed by atoms with E-state index >= 15 is 0 Å². The van der Waals surface area contributed by atoms with E-state index < -0.39 is 11.4 Å². The van der Waals surface area contributed by atoms with Gasteiger partial charge in [0.1, 0.15) is 12.9 Å². The first-order valence-corrected chi connectivity index (χ1v) is 10.4. The minimum Gasteiger partial charge on any atom is -1.00 e. The van der Waals surface area contributed by atoms with E-state index in [9.17, 15) is 9.00 Å². The normalized spacial score (nSPS) is 11.9. The molecular weight excluding hydrogens is 335 g/mol. The summed E-state index contributed by atoms with van der Waals surface area (Å²) in [5.41, 5.74) is 0. The molecule has 0 rings (SSSR count). The van der Waals surface area contributed by atoms with Crippen molar-refractivity contribution in [1.29, 1.82) is 0 Å². The van der Waals surface area contributed by atoms with Crippen LogP contribution in [0.2, 0.25) is 0 Å². The molecule has 6 heteroatoms. The molecule has 0 aromatic heterocycles. The number of hydrogen-bond acceptors (Lipinski definition) is 4. The van der Waals surface area contributed by atoms with Crippen LogP contribution in [0.25, 0.3) is 0 Å². The van der Waals surface area contributed by atoms with Crippen molar-refractivity contribution in [3.8, 4) is 0 Å². The molecule has 0 aliphatic heterocycles. The Morgan fingerprint density at radius 1 is 0.750 bits per heavy atom. The predicted octanol–water partition coefficient (Wildman–Crippen LogP) is 2.39. The van der Waals surface area contributed by atoms with Crippen molar-refractivity contribution in [2.24, 2.45) is 0 Å². The summed E-state index contributed by atoms with van der Waals surface area (Å²) in [4.78, 5) is 10.0. The SMILES string of the molecule is CCCCCCCCCCCCCCCCOS(=O)OCC=O.[H-].[Na+]. The standard InChI is InChI=1S/C18H36O4S.Na.H/c1-2-3-4-5-6-7-8-9-10-11-12-13-14-15-17-21-23(20)22-18-16-19;;/h16H,2-15,17-18H2,1H3;;/q;+1;-1. The molecule has 0 aromatic rings. The molecule has 1 atom stereocenters. The summed E-state index contributed by atoms with van der Waals surface area (Å²) < 4.78 is 20.6. The third-order valence-electron chi connectivity index (χ3n) is 3.91. The quantitative estimate of drug-likeness (QED) is 0.198. The van der Waals surface area contributed by atoms with Gasteiger partial charge in [0.25, 0.3) is 0 Å². The van der Waals surface area contributed by atoms with E-state index in [1.807, 2.05) is 0 Å². The number of aldehydes is 1. The molecule has 0 N–H and O–H groups in total. The average Bonchev–Trinajstić information content (AvgIpc) is 2.56. The van der Waals surface area contributed by atoms with E-state index in [-0.39, 0.29) is 37.6 Å². The fourth-order valence-corrected chi connectivity index (χ4v) is 3.03. The zero-order valence-corrected chi connectivity index (χ0v) is 18.7. The minimum absolute atomic E-state index is 0. The van der Waals surface area contributed by atoms with E-state index in [0.29, 0.717) is 12.9 Å². The van der Waals surface area contributed by atoms with E-state index in [4.69, 9.17) is 4.18 Å². The second kappa shape index (κ2) is 23.7. The van der Waals surface area contributed by atoms with Gasteiger partial charge in [-0.05, 0) is 6.42 Å². The summed E-state index contributed by atoms with van der Waals surface area (Å²) in [6.45, 7) is 2.52. The van der Waals surface area contributed by atoms with E-state index in [1.165, 1.54) is 77.0 Å². The van der Waals surface area contributed by atoms with Crippen molar-refractivity contribution in [3.05, 3.63) is 0 Å². The molecule has 0 aromatic carbocycles. The summed E-state index contributed by atoms with van der Waals surface area (Å²) in [6, 6.07) is 0. The molecule has 140 valence electrons. The van der Waals surface area contributed by atoms with Gasteiger partial charge in [-0.2, -0.15) is 4.21 Å². The first kappa shape index (κ1) is 27.0. The molecule has 0 saturated heterocycles. The third kappa shape index (κ3) is 22.7. The van der Waals surface area contributed by atoms with Crippen LogP contribution >= 0.6 is 0 Å². The molecule has 0 bridgehead atoms. The maximum atomic E-state index is 11.0. The Balaban J connectivity index is -0.00000242. The Labute approximate surface area is 175 Å². The van der Waals surface area contributed by atoms with Crippen LogP contribution < -0.4 is 29.6 Å². The third-order valence-corrected chi connectivity index (χ3v) is 4.60. The Morgan fingerprint density at radius 3 is 1.58 bits per heavy atom. The van der Waals surface area contributed by atoms with Gasteiger partial charge >= 0.3 is 40.9 Å². The molecule has 1 unspecified atom stereocenters. The van der Waals surface area contributed by atoms with Gasteiger partial charge in [0.2, 0.25) is 0 Å². The van der Waals surface area contributed by atoms with Crippen LogP contribution in [0.15, 0.2) is 0 Å². The zero-order valence-electron chi connectivity index (χ0n) is 16.9. The smallest absolute Gasteiger partial charge is 1.00 e. The number of carbonyl (C=O) groups is 1. The van der Waals surface area contributed by atoms with E-state index in [1.54, 1.807) is 0 Å². The zero-order chi connectivity index (χ0) is 17.0. The summed E-state index contributed by atoms with van der Waals surface area (Å²) in [5.74, 6) is 0. The number of hydrogen-bond donors (Lipinski definition) is 0. The van der Waals surface area contributed by atoms with Crippen LogP contribution in [-0.4, -0.2) is 23.7 Å². The van der Waals surface area contributed by atoms with E-state index in [2.05, 4.69) is 11.1 Å². The van der Waals surface area contributed by atoms with Crippen molar-refractivity contribution in [1.82, 2.24) is 0 Å². The second-order valence-corrected chi connectivity index (χ2v) is 6.95. The van der Waals surface area contributed by atoms with Gasteiger partial charge in [-0.15, -0.1) is 0 Å². The number of unbranched alkanes of at least 4 members (excludes halogenated alkanes) is 13. The Kier molecular flexibility index (Phi) is 26.7. The van der Waals surface area contributed by atoms with Crippen molar-refractivity contribution in [2.45, 2.75) is 96.8 Å². The topological polar surface area (TPSA) is 52.6 Å². The van der Waals surface area contributed by atoms with Crippen molar-refractivity contribution in [2.75, 3.05) is 13.2 Å². The maximum absolute atomic E-state index is 11.0. The molecule has 24 heavy (non-hydrogen) atoms. The average molecular weight is 373 g/mol. The maximum Gasteiger partial charge on any atom is 1.00 e. The monoisotopic (exact) mass is 372 g/mol. The molecule has 0 heterocycles. The number of rotatable bonds is 19. The van der Waals surface area contributed by atoms with Gasteiger partial charge in [0.05, 0.1) is 6.61 Å². The molecular formula is C18H37NaO4S. The van der Waals surface area contributed by atoms with E-state index in [0.717, 1.165) is 12.8 Å². The van der Waals surface area contributed by atoms with Crippen LogP contribution in [0.3, 0.4) is 0 Å². The van der Waals surface area contributed by atoms with Gasteiger partial charge in [0, 0.05) is 0 Å². The summed E-state index contributed by atoms with van der Waals surface area (Å²) in [5, 5.41) is 0. The first-order chi connectivity index (χ1) is 11.3. The van der Waals surface area contributed by atoms with Gasteiger partial charge in [-0.1, -0.05) is 90.4 Å². The van der Waals surface area contributed by atoms with Gasteiger partial charge in [-0.3, -0.25) is 8.37 Å². The van der Waals surface area contributed by atoms with Crippen LogP contribution in [0.5, 0.6) is 0 Å².